The van der Waals surface area contributed by atoms with Gasteiger partial charge in [0.1, 0.15) is 6.61 Å². The van der Waals surface area contributed by atoms with E-state index in [2.05, 4.69) is 29.6 Å². The Balaban J connectivity index is 1.19. The number of carbonyl (C=O) groups excluding carboxylic acids is 2. The topological polar surface area (TPSA) is 95.9 Å². The van der Waals surface area contributed by atoms with Gasteiger partial charge in [0.15, 0.2) is 0 Å². The minimum Gasteiger partial charge on any atom is -0.481 e. The van der Waals surface area contributed by atoms with E-state index in [0.29, 0.717) is 6.54 Å². The summed E-state index contributed by atoms with van der Waals surface area (Å²) >= 11 is 0. The lowest BCUT2D eigenvalue weighted by atomic mass is 9.93. The number of benzene rings is 2. The highest BCUT2D eigenvalue weighted by Crippen LogP contribution is 2.56. The summed E-state index contributed by atoms with van der Waals surface area (Å²) in [7, 11) is 0. The van der Waals surface area contributed by atoms with E-state index in [4.69, 9.17) is 4.74 Å². The van der Waals surface area contributed by atoms with E-state index in [-0.39, 0.29) is 42.9 Å². The van der Waals surface area contributed by atoms with Crippen LogP contribution in [0.4, 0.5) is 4.79 Å². The smallest absolute Gasteiger partial charge is 0.407 e. The van der Waals surface area contributed by atoms with Crippen molar-refractivity contribution >= 4 is 18.0 Å². The quantitative estimate of drug-likeness (QED) is 0.627. The Hall–Kier alpha value is -3.35. The largest absolute Gasteiger partial charge is 0.481 e. The summed E-state index contributed by atoms with van der Waals surface area (Å²) in [6.07, 6.45) is 1.17. The lowest BCUT2D eigenvalue weighted by Gasteiger charge is -2.26. The first-order chi connectivity index (χ1) is 16.8. The van der Waals surface area contributed by atoms with Crippen molar-refractivity contribution in [2.45, 2.75) is 32.6 Å². The van der Waals surface area contributed by atoms with E-state index in [1.807, 2.05) is 38.1 Å². The molecule has 5 rings (SSSR count). The number of carbonyl (C=O) groups is 3. The summed E-state index contributed by atoms with van der Waals surface area (Å²) in [4.78, 5) is 39.2. The molecule has 1 spiro atoms. The second-order valence-electron chi connectivity index (χ2n) is 10.5. The highest BCUT2D eigenvalue weighted by atomic mass is 16.5. The molecule has 1 heterocycles. The highest BCUT2D eigenvalue weighted by molar-refractivity contribution is 5.83. The Kier molecular flexibility index (Phi) is 6.03. The van der Waals surface area contributed by atoms with Crippen LogP contribution < -0.4 is 5.32 Å². The van der Waals surface area contributed by atoms with Crippen LogP contribution in [0.2, 0.25) is 0 Å². The van der Waals surface area contributed by atoms with Gasteiger partial charge in [-0.3, -0.25) is 9.59 Å². The van der Waals surface area contributed by atoms with Crippen molar-refractivity contribution in [3.8, 4) is 11.1 Å². The third-order valence-electron chi connectivity index (χ3n) is 8.08. The van der Waals surface area contributed by atoms with Crippen molar-refractivity contribution in [3.63, 3.8) is 0 Å². The number of rotatable bonds is 7. The summed E-state index contributed by atoms with van der Waals surface area (Å²) < 4.78 is 5.61. The fourth-order valence-electron chi connectivity index (χ4n) is 5.83. The van der Waals surface area contributed by atoms with Crippen LogP contribution in [0.25, 0.3) is 11.1 Å². The average molecular weight is 477 g/mol. The van der Waals surface area contributed by atoms with Gasteiger partial charge in [-0.05, 0) is 41.0 Å². The predicted octanol–water partition coefficient (Wildman–Crippen LogP) is 4.12. The average Bonchev–Trinajstić information content (AvgIpc) is 3.39. The fourth-order valence-corrected chi connectivity index (χ4v) is 5.83. The molecule has 0 aromatic heterocycles. The van der Waals surface area contributed by atoms with Gasteiger partial charge in [-0.15, -0.1) is 0 Å². The van der Waals surface area contributed by atoms with Gasteiger partial charge in [0.25, 0.3) is 0 Å². The first-order valence-electron chi connectivity index (χ1n) is 12.4. The molecular weight excluding hydrogens is 444 g/mol. The van der Waals surface area contributed by atoms with Crippen molar-refractivity contribution < 1.29 is 24.2 Å². The molecule has 35 heavy (non-hydrogen) atoms. The summed E-state index contributed by atoms with van der Waals surface area (Å²) in [6.45, 7) is 5.02. The molecule has 184 valence electrons. The van der Waals surface area contributed by atoms with Crippen LogP contribution in [0, 0.1) is 23.2 Å². The first-order valence-corrected chi connectivity index (χ1v) is 12.4. The minimum atomic E-state index is -0.823. The Morgan fingerprint density at radius 1 is 1.06 bits per heavy atom. The molecule has 2 aliphatic carbocycles. The van der Waals surface area contributed by atoms with Crippen molar-refractivity contribution in [3.05, 3.63) is 59.7 Å². The number of alkyl carbamates (subject to hydrolysis) is 1. The second-order valence-corrected chi connectivity index (χ2v) is 10.5. The van der Waals surface area contributed by atoms with E-state index in [1.165, 1.54) is 11.1 Å². The Morgan fingerprint density at radius 2 is 1.66 bits per heavy atom. The lowest BCUT2D eigenvalue weighted by Crippen LogP contribution is -2.43. The van der Waals surface area contributed by atoms with Crippen LogP contribution >= 0.6 is 0 Å². The third kappa shape index (κ3) is 4.28. The molecule has 0 radical (unpaired) electrons. The molecule has 7 nitrogen and oxygen atoms in total. The van der Waals surface area contributed by atoms with E-state index < -0.39 is 23.9 Å². The molecule has 2 aromatic rings. The summed E-state index contributed by atoms with van der Waals surface area (Å²) in [6, 6.07) is 16.3. The first kappa shape index (κ1) is 23.4. The molecule has 1 aliphatic heterocycles. The molecule has 1 saturated heterocycles. The van der Waals surface area contributed by atoms with Crippen molar-refractivity contribution in [1.82, 2.24) is 10.2 Å². The van der Waals surface area contributed by atoms with Gasteiger partial charge >= 0.3 is 12.1 Å². The maximum absolute atomic E-state index is 13.3. The maximum atomic E-state index is 13.3. The molecular formula is C28H32N2O5. The lowest BCUT2D eigenvalue weighted by molar-refractivity contribution is -0.143. The van der Waals surface area contributed by atoms with Gasteiger partial charge in [-0.25, -0.2) is 4.79 Å². The number of hydrogen-bond donors (Lipinski definition) is 2. The van der Waals surface area contributed by atoms with E-state index in [1.54, 1.807) is 4.90 Å². The molecule has 0 bridgehead atoms. The SMILES string of the molecule is CC(C)C(CNC(=O)OCC1c2ccccc2-c2ccccc21)C(=O)N1CC(C(=O)O)C2(CC2)C1. The molecule has 2 N–H and O–H groups in total. The van der Waals surface area contributed by atoms with Gasteiger partial charge in [-0.1, -0.05) is 62.4 Å². The number of hydrogen-bond acceptors (Lipinski definition) is 4. The number of amides is 2. The maximum Gasteiger partial charge on any atom is 0.407 e. The van der Waals surface area contributed by atoms with E-state index >= 15 is 0 Å². The van der Waals surface area contributed by atoms with Crippen molar-refractivity contribution in [2.75, 3.05) is 26.2 Å². The molecule has 2 aromatic carbocycles. The zero-order valence-corrected chi connectivity index (χ0v) is 20.2. The number of fused-ring (bicyclic) bond motifs is 3. The molecule has 2 fully saturated rings. The summed E-state index contributed by atoms with van der Waals surface area (Å²) in [5.74, 6) is -1.86. The predicted molar refractivity (Wildman–Crippen MR) is 131 cm³/mol. The monoisotopic (exact) mass is 476 g/mol. The van der Waals surface area contributed by atoms with Crippen LogP contribution in [0.15, 0.2) is 48.5 Å². The van der Waals surface area contributed by atoms with Gasteiger partial charge in [0.2, 0.25) is 5.91 Å². The van der Waals surface area contributed by atoms with Crippen LogP contribution in [0.3, 0.4) is 0 Å². The molecule has 3 aliphatic rings. The molecule has 2 unspecified atom stereocenters. The number of nitrogens with one attached hydrogen (secondary N) is 1. The third-order valence-corrected chi connectivity index (χ3v) is 8.08. The van der Waals surface area contributed by atoms with Gasteiger partial charge in [0, 0.05) is 31.0 Å². The van der Waals surface area contributed by atoms with Crippen LogP contribution in [-0.2, 0) is 14.3 Å². The van der Waals surface area contributed by atoms with Gasteiger partial charge in [-0.2, -0.15) is 0 Å². The summed E-state index contributed by atoms with van der Waals surface area (Å²) in [5.41, 5.74) is 4.38. The number of carboxylic acid groups (broad SMARTS) is 1. The Morgan fingerprint density at radius 3 is 2.17 bits per heavy atom. The van der Waals surface area contributed by atoms with Crippen LogP contribution in [-0.4, -0.2) is 54.2 Å². The molecule has 1 saturated carbocycles. The number of nitrogens with zero attached hydrogens (tertiary/aromatic N) is 1. The number of ether oxygens (including phenoxy) is 1. The second kappa shape index (κ2) is 9.02. The standard InChI is InChI=1S/C28H32N2O5/c1-17(2)22(25(31)30-14-24(26(32)33)28(16-30)11-12-28)13-29-27(34)35-15-23-20-9-5-3-7-18(20)19-8-4-6-10-21(19)23/h3-10,17,22-24H,11-16H2,1-2H3,(H,29,34)(H,32,33). The Labute approximate surface area is 205 Å². The zero-order chi connectivity index (χ0) is 24.7. The fraction of sp³-hybridized carbons (Fsp3) is 0.464. The molecule has 2 amide bonds. The van der Waals surface area contributed by atoms with Crippen molar-refractivity contribution in [1.29, 1.82) is 0 Å². The van der Waals surface area contributed by atoms with E-state index in [9.17, 15) is 19.5 Å². The normalized spacial score (nSPS) is 20.4. The Bertz CT molecular complexity index is 1110. The van der Waals surface area contributed by atoms with Gasteiger partial charge in [0.05, 0.1) is 11.8 Å². The highest BCUT2D eigenvalue weighted by Gasteiger charge is 2.59. The molecule has 7 heteroatoms. The van der Waals surface area contributed by atoms with Crippen molar-refractivity contribution in [2.24, 2.45) is 23.2 Å². The summed E-state index contributed by atoms with van der Waals surface area (Å²) in [5, 5.41) is 12.4. The number of likely N-dealkylation sites (tertiary alicyclic amines) is 1. The number of aliphatic carboxylic acids is 1. The minimum absolute atomic E-state index is 0.00424. The van der Waals surface area contributed by atoms with E-state index in [0.717, 1.165) is 24.0 Å². The van der Waals surface area contributed by atoms with Crippen LogP contribution in [0.5, 0.6) is 0 Å². The van der Waals surface area contributed by atoms with Crippen LogP contribution in [0.1, 0.15) is 43.7 Å². The number of carboxylic acids is 1. The zero-order valence-electron chi connectivity index (χ0n) is 20.2. The molecule has 2 atom stereocenters. The van der Waals surface area contributed by atoms with Gasteiger partial charge < -0.3 is 20.1 Å².